The SMILES string of the molecule is Cc1cc(CNC(CO)(CO)CO)c(C)s1. The van der Waals surface area contributed by atoms with Crippen molar-refractivity contribution in [2.45, 2.75) is 25.9 Å². The Morgan fingerprint density at radius 1 is 1.19 bits per heavy atom. The highest BCUT2D eigenvalue weighted by Crippen LogP contribution is 2.20. The quantitative estimate of drug-likeness (QED) is 0.576. The van der Waals surface area contributed by atoms with Crippen molar-refractivity contribution in [1.82, 2.24) is 5.32 Å². The van der Waals surface area contributed by atoms with Gasteiger partial charge in [0.15, 0.2) is 0 Å². The Morgan fingerprint density at radius 3 is 2.12 bits per heavy atom. The molecule has 92 valence electrons. The van der Waals surface area contributed by atoms with Crippen molar-refractivity contribution in [3.63, 3.8) is 0 Å². The first-order valence-corrected chi connectivity index (χ1v) is 6.02. The number of nitrogens with one attached hydrogen (secondary N) is 1. The van der Waals surface area contributed by atoms with E-state index >= 15 is 0 Å². The zero-order valence-electron chi connectivity index (χ0n) is 9.66. The number of aliphatic hydroxyl groups is 3. The lowest BCUT2D eigenvalue weighted by Gasteiger charge is -2.28. The van der Waals surface area contributed by atoms with Gasteiger partial charge in [0.25, 0.3) is 0 Å². The van der Waals surface area contributed by atoms with E-state index in [2.05, 4.69) is 11.4 Å². The van der Waals surface area contributed by atoms with E-state index in [0.717, 1.165) is 5.56 Å². The molecule has 0 radical (unpaired) electrons. The van der Waals surface area contributed by atoms with Crippen molar-refractivity contribution in [3.05, 3.63) is 21.4 Å². The van der Waals surface area contributed by atoms with E-state index in [1.54, 1.807) is 11.3 Å². The number of aryl methyl sites for hydroxylation is 2. The summed E-state index contributed by atoms with van der Waals surface area (Å²) in [6, 6.07) is 2.07. The second-order valence-corrected chi connectivity index (χ2v) is 5.51. The van der Waals surface area contributed by atoms with Crippen LogP contribution >= 0.6 is 11.3 Å². The summed E-state index contributed by atoms with van der Waals surface area (Å²) >= 11 is 1.72. The van der Waals surface area contributed by atoms with Crippen LogP contribution in [0, 0.1) is 13.8 Å². The van der Waals surface area contributed by atoms with Crippen LogP contribution in [0.4, 0.5) is 0 Å². The number of hydrogen-bond acceptors (Lipinski definition) is 5. The molecule has 1 heterocycles. The van der Waals surface area contributed by atoms with Gasteiger partial charge in [-0.2, -0.15) is 0 Å². The highest BCUT2D eigenvalue weighted by molar-refractivity contribution is 7.12. The standard InChI is InChI=1S/C11H19NO3S/c1-8-3-10(9(2)16-8)4-12-11(5-13,6-14)7-15/h3,12-15H,4-7H2,1-2H3. The van der Waals surface area contributed by atoms with Crippen molar-refractivity contribution in [2.75, 3.05) is 19.8 Å². The molecule has 0 aromatic carbocycles. The molecule has 0 spiro atoms. The van der Waals surface area contributed by atoms with Crippen LogP contribution in [0.15, 0.2) is 6.07 Å². The van der Waals surface area contributed by atoms with Crippen molar-refractivity contribution in [3.8, 4) is 0 Å². The lowest BCUT2D eigenvalue weighted by molar-refractivity contribution is 0.0413. The van der Waals surface area contributed by atoms with Gasteiger partial charge in [-0.1, -0.05) is 0 Å². The Kier molecular flexibility index (Phi) is 4.89. The van der Waals surface area contributed by atoms with Gasteiger partial charge in [0, 0.05) is 16.3 Å². The van der Waals surface area contributed by atoms with Crippen LogP contribution < -0.4 is 5.32 Å². The Bertz CT molecular complexity index is 326. The summed E-state index contributed by atoms with van der Waals surface area (Å²) in [5.74, 6) is 0. The highest BCUT2D eigenvalue weighted by atomic mass is 32.1. The van der Waals surface area contributed by atoms with Gasteiger partial charge in [-0.25, -0.2) is 0 Å². The van der Waals surface area contributed by atoms with Crippen LogP contribution in [0.1, 0.15) is 15.3 Å². The van der Waals surface area contributed by atoms with Crippen LogP contribution in [-0.2, 0) is 6.54 Å². The molecule has 4 N–H and O–H groups in total. The van der Waals surface area contributed by atoms with Crippen molar-refractivity contribution in [2.24, 2.45) is 0 Å². The molecule has 16 heavy (non-hydrogen) atoms. The number of aliphatic hydroxyl groups excluding tert-OH is 3. The van der Waals surface area contributed by atoms with Gasteiger partial charge in [0.1, 0.15) is 0 Å². The Balaban J connectivity index is 2.65. The number of hydrogen-bond donors (Lipinski definition) is 4. The average Bonchev–Trinajstić information content (AvgIpc) is 2.60. The monoisotopic (exact) mass is 245 g/mol. The molecule has 1 aromatic heterocycles. The van der Waals surface area contributed by atoms with Crippen LogP contribution in [0.25, 0.3) is 0 Å². The van der Waals surface area contributed by atoms with E-state index in [1.165, 1.54) is 9.75 Å². The van der Waals surface area contributed by atoms with Crippen LogP contribution in [0.3, 0.4) is 0 Å². The molecule has 0 bridgehead atoms. The summed E-state index contributed by atoms with van der Waals surface area (Å²) in [7, 11) is 0. The number of rotatable bonds is 6. The van der Waals surface area contributed by atoms with Gasteiger partial charge in [-0.3, -0.25) is 0 Å². The van der Waals surface area contributed by atoms with Crippen LogP contribution in [0.5, 0.6) is 0 Å². The molecule has 4 nitrogen and oxygen atoms in total. The minimum absolute atomic E-state index is 0.290. The minimum atomic E-state index is -0.998. The molecule has 0 aliphatic carbocycles. The second-order valence-electron chi connectivity index (χ2n) is 4.05. The predicted molar refractivity (Wildman–Crippen MR) is 64.6 cm³/mol. The summed E-state index contributed by atoms with van der Waals surface area (Å²) < 4.78 is 0. The molecule has 5 heteroatoms. The van der Waals surface area contributed by atoms with Crippen LogP contribution in [-0.4, -0.2) is 40.7 Å². The maximum atomic E-state index is 9.15. The Labute approximate surface area is 99.6 Å². The van der Waals surface area contributed by atoms with E-state index in [4.69, 9.17) is 15.3 Å². The zero-order chi connectivity index (χ0) is 12.2. The maximum absolute atomic E-state index is 9.15. The van der Waals surface area contributed by atoms with Gasteiger partial charge in [-0.15, -0.1) is 11.3 Å². The first-order chi connectivity index (χ1) is 7.56. The third-order valence-electron chi connectivity index (χ3n) is 2.71. The highest BCUT2D eigenvalue weighted by Gasteiger charge is 2.27. The average molecular weight is 245 g/mol. The smallest absolute Gasteiger partial charge is 0.0884 e. The minimum Gasteiger partial charge on any atom is -0.394 e. The molecule has 1 aromatic rings. The topological polar surface area (TPSA) is 72.7 Å². The van der Waals surface area contributed by atoms with Gasteiger partial charge in [-0.05, 0) is 25.5 Å². The summed E-state index contributed by atoms with van der Waals surface area (Å²) in [5, 5.41) is 30.5. The molecule has 0 unspecified atom stereocenters. The molecule has 0 aliphatic rings. The fourth-order valence-electron chi connectivity index (χ4n) is 1.46. The Morgan fingerprint density at radius 2 is 1.75 bits per heavy atom. The molecule has 0 saturated heterocycles. The predicted octanol–water partition coefficient (Wildman–Crippen LogP) is 0.170. The van der Waals surface area contributed by atoms with E-state index in [0.29, 0.717) is 6.54 Å². The van der Waals surface area contributed by atoms with E-state index < -0.39 is 5.54 Å². The normalized spacial score (nSPS) is 12.1. The van der Waals surface area contributed by atoms with E-state index in [9.17, 15) is 0 Å². The molecule has 0 fully saturated rings. The summed E-state index contributed by atoms with van der Waals surface area (Å²) in [6.45, 7) is 3.75. The summed E-state index contributed by atoms with van der Waals surface area (Å²) in [6.07, 6.45) is 0. The van der Waals surface area contributed by atoms with E-state index in [-0.39, 0.29) is 19.8 Å². The van der Waals surface area contributed by atoms with Gasteiger partial charge in [0.2, 0.25) is 0 Å². The fourth-order valence-corrected chi connectivity index (χ4v) is 2.41. The molecular weight excluding hydrogens is 226 g/mol. The zero-order valence-corrected chi connectivity index (χ0v) is 10.5. The van der Waals surface area contributed by atoms with Crippen molar-refractivity contribution < 1.29 is 15.3 Å². The third kappa shape index (κ3) is 3.02. The molecule has 1 rings (SSSR count). The molecular formula is C11H19NO3S. The lowest BCUT2D eigenvalue weighted by atomic mass is 10.0. The molecule has 0 amide bonds. The Hall–Kier alpha value is -0.460. The first-order valence-electron chi connectivity index (χ1n) is 5.20. The van der Waals surface area contributed by atoms with Gasteiger partial charge < -0.3 is 20.6 Å². The van der Waals surface area contributed by atoms with Gasteiger partial charge in [0.05, 0.1) is 25.4 Å². The summed E-state index contributed by atoms with van der Waals surface area (Å²) in [4.78, 5) is 2.45. The lowest BCUT2D eigenvalue weighted by Crippen LogP contribution is -2.54. The third-order valence-corrected chi connectivity index (χ3v) is 3.71. The molecule has 0 atom stereocenters. The first kappa shape index (κ1) is 13.6. The van der Waals surface area contributed by atoms with Crippen LogP contribution in [0.2, 0.25) is 0 Å². The molecule has 0 aliphatic heterocycles. The fraction of sp³-hybridized carbons (Fsp3) is 0.636. The maximum Gasteiger partial charge on any atom is 0.0884 e. The van der Waals surface area contributed by atoms with Gasteiger partial charge >= 0.3 is 0 Å². The van der Waals surface area contributed by atoms with Crippen molar-refractivity contribution in [1.29, 1.82) is 0 Å². The number of thiophene rings is 1. The van der Waals surface area contributed by atoms with E-state index in [1.807, 2.05) is 13.8 Å². The second kappa shape index (κ2) is 5.75. The summed E-state index contributed by atoms with van der Waals surface area (Å²) in [5.41, 5.74) is 0.143. The van der Waals surface area contributed by atoms with Crippen molar-refractivity contribution >= 4 is 11.3 Å². The molecule has 0 saturated carbocycles. The largest absolute Gasteiger partial charge is 0.394 e.